The van der Waals surface area contributed by atoms with Crippen molar-refractivity contribution in [1.82, 2.24) is 19.6 Å². The van der Waals surface area contributed by atoms with Crippen LogP contribution in [0, 0.1) is 0 Å². The summed E-state index contributed by atoms with van der Waals surface area (Å²) in [5.41, 5.74) is 2.21. The van der Waals surface area contributed by atoms with E-state index in [1.54, 1.807) is 34.9 Å². The predicted octanol–water partition coefficient (Wildman–Crippen LogP) is 4.80. The molecule has 134 valence electrons. The van der Waals surface area contributed by atoms with Crippen LogP contribution >= 0.6 is 34.9 Å². The van der Waals surface area contributed by atoms with Crippen LogP contribution in [0.1, 0.15) is 44.1 Å². The van der Waals surface area contributed by atoms with Crippen molar-refractivity contribution < 1.29 is 4.74 Å². The third-order valence-electron chi connectivity index (χ3n) is 4.79. The minimum absolute atomic E-state index is 0.101. The first-order chi connectivity index (χ1) is 12.1. The van der Waals surface area contributed by atoms with Gasteiger partial charge in [0.2, 0.25) is 0 Å². The Kier molecular flexibility index (Phi) is 4.72. The molecule has 3 aromatic rings. The molecule has 4 rings (SSSR count). The normalized spacial score (nSPS) is 20.5. The monoisotopic (exact) mass is 394 g/mol. The van der Waals surface area contributed by atoms with Gasteiger partial charge in [0.1, 0.15) is 4.83 Å². The molecule has 25 heavy (non-hydrogen) atoms. The molecule has 0 amide bonds. The molecule has 5 nitrogen and oxygen atoms in total. The van der Waals surface area contributed by atoms with Gasteiger partial charge in [0, 0.05) is 17.1 Å². The summed E-state index contributed by atoms with van der Waals surface area (Å²) in [7, 11) is 0. The lowest BCUT2D eigenvalue weighted by Gasteiger charge is -2.33. The van der Waals surface area contributed by atoms with E-state index in [0.717, 1.165) is 45.8 Å². The number of hydrogen-bond donors (Lipinski definition) is 0. The molecule has 0 bridgehead atoms. The van der Waals surface area contributed by atoms with Gasteiger partial charge in [0.25, 0.3) is 0 Å². The summed E-state index contributed by atoms with van der Waals surface area (Å²) in [5, 5.41) is 12.0. The zero-order chi connectivity index (χ0) is 17.6. The van der Waals surface area contributed by atoms with E-state index in [1.165, 1.54) is 15.8 Å². The molecule has 0 unspecified atom stereocenters. The van der Waals surface area contributed by atoms with Crippen LogP contribution in [-0.2, 0) is 17.8 Å². The number of hydrogen-bond acceptors (Lipinski definition) is 7. The number of aromatic nitrogens is 4. The molecule has 3 aromatic heterocycles. The molecule has 1 atom stereocenters. The molecule has 0 spiro atoms. The first-order valence-electron chi connectivity index (χ1n) is 8.60. The van der Waals surface area contributed by atoms with Crippen molar-refractivity contribution in [2.24, 2.45) is 0 Å². The molecule has 0 saturated heterocycles. The predicted molar refractivity (Wildman–Crippen MR) is 106 cm³/mol. The minimum Gasteiger partial charge on any atom is -0.369 e. The van der Waals surface area contributed by atoms with Gasteiger partial charge in [-0.05, 0) is 31.6 Å². The minimum atomic E-state index is -0.101. The maximum Gasteiger partial charge on any atom is 0.197 e. The van der Waals surface area contributed by atoms with Crippen LogP contribution in [0.15, 0.2) is 10.3 Å². The Morgan fingerprint density at radius 1 is 1.28 bits per heavy atom. The number of rotatable bonds is 5. The summed E-state index contributed by atoms with van der Waals surface area (Å²) in [6.07, 6.45) is 5.08. The third-order valence-corrected chi connectivity index (χ3v) is 7.66. The molecule has 4 heterocycles. The van der Waals surface area contributed by atoms with Gasteiger partial charge >= 0.3 is 0 Å². The highest BCUT2D eigenvalue weighted by Crippen LogP contribution is 2.42. The Balaban J connectivity index is 1.97. The first kappa shape index (κ1) is 17.6. The lowest BCUT2D eigenvalue weighted by atomic mass is 9.90. The molecular weight excluding hydrogens is 372 g/mol. The number of fused-ring (bicyclic) bond motifs is 5. The van der Waals surface area contributed by atoms with Crippen molar-refractivity contribution in [2.75, 3.05) is 12.0 Å². The lowest BCUT2D eigenvalue weighted by molar-refractivity contribution is -0.0542. The SMILES string of the molecule is CCCSc1nc2sc3c(c2c2nnc(SC)n12)C[C@@](C)(CC)OC3. The summed E-state index contributed by atoms with van der Waals surface area (Å²) in [5.74, 6) is 1.04. The van der Waals surface area contributed by atoms with Gasteiger partial charge < -0.3 is 4.74 Å². The zero-order valence-electron chi connectivity index (χ0n) is 15.0. The number of thioether (sulfide) groups is 2. The average Bonchev–Trinajstić information content (AvgIpc) is 3.20. The van der Waals surface area contributed by atoms with Crippen LogP contribution in [0.4, 0.5) is 0 Å². The van der Waals surface area contributed by atoms with E-state index in [-0.39, 0.29) is 5.60 Å². The van der Waals surface area contributed by atoms with Gasteiger partial charge in [-0.25, -0.2) is 9.38 Å². The smallest absolute Gasteiger partial charge is 0.197 e. The van der Waals surface area contributed by atoms with Crippen molar-refractivity contribution in [1.29, 1.82) is 0 Å². The summed E-state index contributed by atoms with van der Waals surface area (Å²) in [6, 6.07) is 0. The first-order valence-corrected chi connectivity index (χ1v) is 11.6. The van der Waals surface area contributed by atoms with E-state index in [0.29, 0.717) is 6.61 Å². The molecule has 0 radical (unpaired) electrons. The maximum atomic E-state index is 6.13. The van der Waals surface area contributed by atoms with Crippen molar-refractivity contribution in [3.8, 4) is 0 Å². The molecular formula is C17H22N4OS3. The van der Waals surface area contributed by atoms with E-state index in [4.69, 9.17) is 9.72 Å². The van der Waals surface area contributed by atoms with Crippen molar-refractivity contribution in [3.63, 3.8) is 0 Å². The lowest BCUT2D eigenvalue weighted by Crippen LogP contribution is -2.33. The Morgan fingerprint density at radius 2 is 2.12 bits per heavy atom. The molecule has 8 heteroatoms. The molecule has 1 aliphatic heterocycles. The quantitative estimate of drug-likeness (QED) is 0.457. The van der Waals surface area contributed by atoms with Crippen LogP contribution in [0.5, 0.6) is 0 Å². The summed E-state index contributed by atoms with van der Waals surface area (Å²) < 4.78 is 8.27. The van der Waals surface area contributed by atoms with E-state index < -0.39 is 0 Å². The number of thiophene rings is 1. The maximum absolute atomic E-state index is 6.13. The highest BCUT2D eigenvalue weighted by molar-refractivity contribution is 7.99. The Hall–Kier alpha value is -0.830. The fraction of sp³-hybridized carbons (Fsp3) is 0.588. The van der Waals surface area contributed by atoms with E-state index in [9.17, 15) is 0 Å². The second-order valence-electron chi connectivity index (χ2n) is 6.54. The van der Waals surface area contributed by atoms with Gasteiger partial charge in [0.15, 0.2) is 16.0 Å². The molecule has 0 fully saturated rings. The van der Waals surface area contributed by atoms with E-state index in [2.05, 4.69) is 35.4 Å². The van der Waals surface area contributed by atoms with Crippen LogP contribution in [0.2, 0.25) is 0 Å². The van der Waals surface area contributed by atoms with Gasteiger partial charge in [-0.15, -0.1) is 21.5 Å². The van der Waals surface area contributed by atoms with Gasteiger partial charge in [0.05, 0.1) is 17.6 Å². The van der Waals surface area contributed by atoms with Gasteiger partial charge in [-0.3, -0.25) is 0 Å². The van der Waals surface area contributed by atoms with Crippen molar-refractivity contribution in [2.45, 2.75) is 62.6 Å². The number of ether oxygens (including phenoxy) is 1. The zero-order valence-corrected chi connectivity index (χ0v) is 17.4. The molecule has 0 aromatic carbocycles. The second-order valence-corrected chi connectivity index (χ2v) is 9.46. The van der Waals surface area contributed by atoms with Crippen molar-refractivity contribution in [3.05, 3.63) is 10.4 Å². The van der Waals surface area contributed by atoms with Gasteiger partial charge in [-0.1, -0.05) is 37.4 Å². The second kappa shape index (κ2) is 6.72. The van der Waals surface area contributed by atoms with E-state index in [1.807, 2.05) is 6.26 Å². The Labute approximate surface area is 160 Å². The molecule has 0 N–H and O–H groups in total. The van der Waals surface area contributed by atoms with E-state index >= 15 is 0 Å². The molecule has 0 saturated carbocycles. The van der Waals surface area contributed by atoms with Gasteiger partial charge in [-0.2, -0.15) is 0 Å². The summed E-state index contributed by atoms with van der Waals surface area (Å²) in [4.78, 5) is 7.36. The van der Waals surface area contributed by atoms with Crippen LogP contribution < -0.4 is 0 Å². The standard InChI is InChI=1S/C17H22N4OS3/c1-5-7-24-15-18-14-12(13-19-20-16(23-4)21(13)15)10-8-17(3,6-2)22-9-11(10)25-14/h5-9H2,1-4H3/t17-/m1/s1. The topological polar surface area (TPSA) is 52.3 Å². The van der Waals surface area contributed by atoms with Crippen LogP contribution in [0.3, 0.4) is 0 Å². The largest absolute Gasteiger partial charge is 0.369 e. The molecule has 0 aliphatic carbocycles. The fourth-order valence-electron chi connectivity index (χ4n) is 3.17. The average molecular weight is 395 g/mol. The van der Waals surface area contributed by atoms with Crippen LogP contribution in [0.25, 0.3) is 15.9 Å². The Bertz CT molecular complexity index is 935. The fourth-order valence-corrected chi connectivity index (χ4v) is 5.70. The Morgan fingerprint density at radius 3 is 2.84 bits per heavy atom. The highest BCUT2D eigenvalue weighted by atomic mass is 32.2. The highest BCUT2D eigenvalue weighted by Gasteiger charge is 2.33. The van der Waals surface area contributed by atoms with Crippen LogP contribution in [-0.4, -0.2) is 37.2 Å². The molecule has 1 aliphatic rings. The summed E-state index contributed by atoms with van der Waals surface area (Å²) in [6.45, 7) is 7.26. The summed E-state index contributed by atoms with van der Waals surface area (Å²) >= 11 is 5.16. The van der Waals surface area contributed by atoms with Crippen molar-refractivity contribution >= 4 is 50.7 Å². The third kappa shape index (κ3) is 2.87. The number of nitrogens with zero attached hydrogens (tertiary/aromatic N) is 4.